The maximum atomic E-state index is 11.8. The second-order valence-electron chi connectivity index (χ2n) is 4.43. The summed E-state index contributed by atoms with van der Waals surface area (Å²) in [5, 5.41) is 11.8. The lowest BCUT2D eigenvalue weighted by Crippen LogP contribution is -2.32. The SMILES string of the molecule is Cc1ccc(C(=O)N[C@H]2CC[C@@H](C(=O)O)C2)s1. The maximum Gasteiger partial charge on any atom is 0.306 e. The number of aliphatic carboxylic acids is 1. The molecule has 0 bridgehead atoms. The van der Waals surface area contributed by atoms with Gasteiger partial charge < -0.3 is 10.4 Å². The van der Waals surface area contributed by atoms with Crippen LogP contribution in [0.25, 0.3) is 0 Å². The Labute approximate surface area is 104 Å². The molecule has 5 heteroatoms. The van der Waals surface area contributed by atoms with E-state index in [1.54, 1.807) is 6.07 Å². The number of carbonyl (C=O) groups excluding carboxylic acids is 1. The molecule has 92 valence electrons. The summed E-state index contributed by atoms with van der Waals surface area (Å²) in [7, 11) is 0. The molecule has 0 aromatic carbocycles. The van der Waals surface area contributed by atoms with Gasteiger partial charge in [-0.1, -0.05) is 0 Å². The number of rotatable bonds is 3. The number of hydrogen-bond acceptors (Lipinski definition) is 3. The van der Waals surface area contributed by atoms with Gasteiger partial charge in [0.25, 0.3) is 5.91 Å². The van der Waals surface area contributed by atoms with E-state index in [9.17, 15) is 9.59 Å². The van der Waals surface area contributed by atoms with Crippen molar-refractivity contribution >= 4 is 23.2 Å². The van der Waals surface area contributed by atoms with Gasteiger partial charge in [0.15, 0.2) is 0 Å². The van der Waals surface area contributed by atoms with E-state index in [1.165, 1.54) is 11.3 Å². The van der Waals surface area contributed by atoms with Crippen LogP contribution in [0.3, 0.4) is 0 Å². The topological polar surface area (TPSA) is 66.4 Å². The molecule has 0 radical (unpaired) electrons. The molecule has 1 aliphatic carbocycles. The van der Waals surface area contributed by atoms with Crippen LogP contribution < -0.4 is 5.32 Å². The average Bonchev–Trinajstić information content (AvgIpc) is 2.86. The summed E-state index contributed by atoms with van der Waals surface area (Å²) in [5.41, 5.74) is 0. The largest absolute Gasteiger partial charge is 0.481 e. The van der Waals surface area contributed by atoms with Crippen LogP contribution in [0.4, 0.5) is 0 Å². The zero-order chi connectivity index (χ0) is 12.4. The van der Waals surface area contributed by atoms with Gasteiger partial charge in [0.2, 0.25) is 0 Å². The number of hydrogen-bond donors (Lipinski definition) is 2. The smallest absolute Gasteiger partial charge is 0.306 e. The van der Waals surface area contributed by atoms with Crippen molar-refractivity contribution in [1.29, 1.82) is 0 Å². The Kier molecular flexibility index (Phi) is 3.47. The number of thiophene rings is 1. The van der Waals surface area contributed by atoms with E-state index < -0.39 is 5.97 Å². The van der Waals surface area contributed by atoms with Crippen LogP contribution >= 0.6 is 11.3 Å². The molecule has 1 saturated carbocycles. The van der Waals surface area contributed by atoms with Crippen LogP contribution in [-0.4, -0.2) is 23.0 Å². The summed E-state index contributed by atoms with van der Waals surface area (Å²) in [6, 6.07) is 3.72. The van der Waals surface area contributed by atoms with Crippen molar-refractivity contribution in [3.8, 4) is 0 Å². The molecule has 1 fully saturated rings. The van der Waals surface area contributed by atoms with Gasteiger partial charge in [-0.25, -0.2) is 0 Å². The molecule has 0 unspecified atom stereocenters. The van der Waals surface area contributed by atoms with Crippen molar-refractivity contribution in [2.24, 2.45) is 5.92 Å². The highest BCUT2D eigenvalue weighted by molar-refractivity contribution is 7.13. The first kappa shape index (κ1) is 12.1. The molecular formula is C12H15NO3S. The highest BCUT2D eigenvalue weighted by Crippen LogP contribution is 2.26. The second kappa shape index (κ2) is 4.87. The molecule has 1 aromatic rings. The van der Waals surface area contributed by atoms with Gasteiger partial charge in [0, 0.05) is 10.9 Å². The lowest BCUT2D eigenvalue weighted by Gasteiger charge is -2.11. The lowest BCUT2D eigenvalue weighted by molar-refractivity contribution is -0.141. The molecule has 0 saturated heterocycles. The zero-order valence-electron chi connectivity index (χ0n) is 9.60. The first-order valence-corrected chi connectivity index (χ1v) is 6.48. The molecule has 4 nitrogen and oxygen atoms in total. The van der Waals surface area contributed by atoms with Crippen molar-refractivity contribution < 1.29 is 14.7 Å². The fraction of sp³-hybridized carbons (Fsp3) is 0.500. The quantitative estimate of drug-likeness (QED) is 0.866. The summed E-state index contributed by atoms with van der Waals surface area (Å²) in [6.07, 6.45) is 1.96. The van der Waals surface area contributed by atoms with E-state index in [1.807, 2.05) is 13.0 Å². The normalized spacial score (nSPS) is 23.6. The Morgan fingerprint density at radius 3 is 2.71 bits per heavy atom. The second-order valence-corrected chi connectivity index (χ2v) is 5.72. The van der Waals surface area contributed by atoms with E-state index in [0.29, 0.717) is 17.7 Å². The standard InChI is InChI=1S/C12H15NO3S/c1-7-2-5-10(17-7)11(14)13-9-4-3-8(6-9)12(15)16/h2,5,8-9H,3-4,6H2,1H3,(H,13,14)(H,15,16)/t8-,9+/m1/s1. The molecule has 2 rings (SSSR count). The van der Waals surface area contributed by atoms with Crippen molar-refractivity contribution in [2.45, 2.75) is 32.2 Å². The van der Waals surface area contributed by atoms with Crippen LogP contribution in [0.2, 0.25) is 0 Å². The third-order valence-corrected chi connectivity index (χ3v) is 4.08. The number of nitrogens with one attached hydrogen (secondary N) is 1. The first-order valence-electron chi connectivity index (χ1n) is 5.66. The molecule has 2 atom stereocenters. The molecule has 1 amide bonds. The molecule has 1 heterocycles. The molecule has 1 aliphatic rings. The molecular weight excluding hydrogens is 238 g/mol. The Bertz CT molecular complexity index is 441. The molecule has 1 aromatic heterocycles. The minimum atomic E-state index is -0.756. The monoisotopic (exact) mass is 253 g/mol. The maximum absolute atomic E-state index is 11.8. The number of amides is 1. The number of carboxylic acid groups (broad SMARTS) is 1. The highest BCUT2D eigenvalue weighted by atomic mass is 32.1. The summed E-state index contributed by atoms with van der Waals surface area (Å²) in [4.78, 5) is 24.4. The van der Waals surface area contributed by atoms with Crippen molar-refractivity contribution in [1.82, 2.24) is 5.32 Å². The van der Waals surface area contributed by atoms with Crippen LogP contribution in [0.1, 0.15) is 33.8 Å². The predicted molar refractivity (Wildman–Crippen MR) is 65.3 cm³/mol. The zero-order valence-corrected chi connectivity index (χ0v) is 10.4. The Morgan fingerprint density at radius 1 is 1.41 bits per heavy atom. The average molecular weight is 253 g/mol. The minimum Gasteiger partial charge on any atom is -0.481 e. The fourth-order valence-electron chi connectivity index (χ4n) is 2.15. The Hall–Kier alpha value is -1.36. The van der Waals surface area contributed by atoms with Crippen molar-refractivity contribution in [2.75, 3.05) is 0 Å². The van der Waals surface area contributed by atoms with Gasteiger partial charge in [-0.3, -0.25) is 9.59 Å². The molecule has 17 heavy (non-hydrogen) atoms. The molecule has 0 spiro atoms. The fourth-order valence-corrected chi connectivity index (χ4v) is 2.92. The van der Waals surface area contributed by atoms with E-state index in [2.05, 4.69) is 5.32 Å². The van der Waals surface area contributed by atoms with Crippen LogP contribution in [0, 0.1) is 12.8 Å². The van der Waals surface area contributed by atoms with Gasteiger partial charge in [-0.15, -0.1) is 11.3 Å². The molecule has 2 N–H and O–H groups in total. The van der Waals surface area contributed by atoms with E-state index in [4.69, 9.17) is 5.11 Å². The Morgan fingerprint density at radius 2 is 2.18 bits per heavy atom. The third kappa shape index (κ3) is 2.85. The van der Waals surface area contributed by atoms with Gasteiger partial charge in [0.05, 0.1) is 10.8 Å². The predicted octanol–water partition coefficient (Wildman–Crippen LogP) is 2.04. The summed E-state index contributed by atoms with van der Waals surface area (Å²) >= 11 is 1.46. The van der Waals surface area contributed by atoms with Gasteiger partial charge in [0.1, 0.15) is 0 Å². The van der Waals surface area contributed by atoms with Crippen LogP contribution in [0.5, 0.6) is 0 Å². The van der Waals surface area contributed by atoms with Gasteiger partial charge >= 0.3 is 5.97 Å². The molecule has 0 aliphatic heterocycles. The number of aryl methyl sites for hydroxylation is 1. The van der Waals surface area contributed by atoms with Crippen LogP contribution in [0.15, 0.2) is 12.1 Å². The van der Waals surface area contributed by atoms with Crippen molar-refractivity contribution in [3.05, 3.63) is 21.9 Å². The van der Waals surface area contributed by atoms with E-state index in [0.717, 1.165) is 11.3 Å². The van der Waals surface area contributed by atoms with E-state index >= 15 is 0 Å². The highest BCUT2D eigenvalue weighted by Gasteiger charge is 2.30. The van der Waals surface area contributed by atoms with E-state index in [-0.39, 0.29) is 17.9 Å². The summed E-state index contributed by atoms with van der Waals surface area (Å²) in [6.45, 7) is 1.96. The Balaban J connectivity index is 1.90. The number of carboxylic acids is 1. The summed E-state index contributed by atoms with van der Waals surface area (Å²) < 4.78 is 0. The van der Waals surface area contributed by atoms with Gasteiger partial charge in [-0.05, 0) is 38.3 Å². The van der Waals surface area contributed by atoms with Crippen LogP contribution in [-0.2, 0) is 4.79 Å². The third-order valence-electron chi connectivity index (χ3n) is 3.08. The number of carbonyl (C=O) groups is 2. The van der Waals surface area contributed by atoms with Crippen molar-refractivity contribution in [3.63, 3.8) is 0 Å². The summed E-state index contributed by atoms with van der Waals surface area (Å²) in [5.74, 6) is -1.14. The van der Waals surface area contributed by atoms with Gasteiger partial charge in [-0.2, -0.15) is 0 Å². The first-order chi connectivity index (χ1) is 8.06. The lowest BCUT2D eigenvalue weighted by atomic mass is 10.1. The minimum absolute atomic E-state index is 0.00556.